The minimum Gasteiger partial charge on any atom is -0.341 e. The van der Waals surface area contributed by atoms with Gasteiger partial charge in [0.15, 0.2) is 9.84 Å². The molecular weight excluding hydrogens is 240 g/mol. The summed E-state index contributed by atoms with van der Waals surface area (Å²) in [7, 11) is -2.95. The molecule has 0 aliphatic carbocycles. The Morgan fingerprint density at radius 3 is 2.71 bits per heavy atom. The predicted molar refractivity (Wildman–Crippen MR) is 63.2 cm³/mol. The minimum absolute atomic E-state index is 0.0577. The number of likely N-dealkylation sites (tertiary alicyclic amines) is 1. The van der Waals surface area contributed by atoms with Gasteiger partial charge in [-0.05, 0) is 25.3 Å². The molecule has 1 unspecified atom stereocenters. The van der Waals surface area contributed by atoms with Crippen LogP contribution in [-0.4, -0.2) is 56.4 Å². The molecule has 3 saturated heterocycles. The fourth-order valence-electron chi connectivity index (χ4n) is 3.28. The van der Waals surface area contributed by atoms with Crippen molar-refractivity contribution in [2.75, 3.05) is 31.1 Å². The SMILES string of the molecule is O=C(C1CCS(=O)(=O)C1)N1C[C@@H]2CCN[C@@H]2C1. The molecule has 0 saturated carbocycles. The van der Waals surface area contributed by atoms with Crippen molar-refractivity contribution in [3.8, 4) is 0 Å². The van der Waals surface area contributed by atoms with Crippen molar-refractivity contribution in [3.63, 3.8) is 0 Å². The second kappa shape index (κ2) is 3.95. The van der Waals surface area contributed by atoms with Crippen LogP contribution in [0.4, 0.5) is 0 Å². The molecule has 1 amide bonds. The monoisotopic (exact) mass is 258 g/mol. The fourth-order valence-corrected chi connectivity index (χ4v) is 5.01. The van der Waals surface area contributed by atoms with Gasteiger partial charge < -0.3 is 10.2 Å². The van der Waals surface area contributed by atoms with Gasteiger partial charge in [-0.25, -0.2) is 8.42 Å². The number of amides is 1. The van der Waals surface area contributed by atoms with Gasteiger partial charge in [0.2, 0.25) is 5.91 Å². The average Bonchev–Trinajstić information content (AvgIpc) is 2.89. The van der Waals surface area contributed by atoms with Crippen LogP contribution in [0.5, 0.6) is 0 Å². The third-order valence-corrected chi connectivity index (χ3v) is 6.02. The molecule has 0 spiro atoms. The first-order chi connectivity index (χ1) is 8.05. The Balaban J connectivity index is 1.64. The van der Waals surface area contributed by atoms with E-state index in [4.69, 9.17) is 0 Å². The topological polar surface area (TPSA) is 66.5 Å². The molecule has 3 rings (SSSR count). The van der Waals surface area contributed by atoms with E-state index in [-0.39, 0.29) is 23.3 Å². The van der Waals surface area contributed by atoms with E-state index in [9.17, 15) is 13.2 Å². The van der Waals surface area contributed by atoms with Crippen LogP contribution in [-0.2, 0) is 14.6 Å². The standard InChI is InChI=1S/C11H18N2O3S/c14-11(9-2-4-17(15,16)7-9)13-5-8-1-3-12-10(8)6-13/h8-10,12H,1-7H2/t8-,9?,10+/m0/s1. The van der Waals surface area contributed by atoms with E-state index in [0.717, 1.165) is 26.1 Å². The highest BCUT2D eigenvalue weighted by atomic mass is 32.2. The maximum Gasteiger partial charge on any atom is 0.226 e. The molecule has 5 nitrogen and oxygen atoms in total. The minimum atomic E-state index is -2.95. The molecule has 3 atom stereocenters. The molecule has 1 N–H and O–H groups in total. The fraction of sp³-hybridized carbons (Fsp3) is 0.909. The number of sulfone groups is 1. The number of hydrogen-bond acceptors (Lipinski definition) is 4. The van der Waals surface area contributed by atoms with Crippen molar-refractivity contribution in [1.82, 2.24) is 10.2 Å². The van der Waals surface area contributed by atoms with Gasteiger partial charge in [0.05, 0.1) is 17.4 Å². The Labute approximate surface area is 101 Å². The van der Waals surface area contributed by atoms with Gasteiger partial charge in [0.25, 0.3) is 0 Å². The Kier molecular flexibility index (Phi) is 2.66. The molecule has 3 fully saturated rings. The third-order valence-electron chi connectivity index (χ3n) is 4.26. The summed E-state index contributed by atoms with van der Waals surface area (Å²) in [4.78, 5) is 14.1. The van der Waals surface area contributed by atoms with Crippen LogP contribution >= 0.6 is 0 Å². The molecule has 3 aliphatic heterocycles. The zero-order valence-corrected chi connectivity index (χ0v) is 10.6. The van der Waals surface area contributed by atoms with E-state index in [2.05, 4.69) is 5.32 Å². The first-order valence-electron chi connectivity index (χ1n) is 6.28. The second-order valence-electron chi connectivity index (χ2n) is 5.45. The van der Waals surface area contributed by atoms with E-state index in [1.807, 2.05) is 4.90 Å². The molecule has 3 aliphatic rings. The zero-order chi connectivity index (χ0) is 12.0. The highest BCUT2D eigenvalue weighted by molar-refractivity contribution is 7.91. The summed E-state index contributed by atoms with van der Waals surface area (Å²) in [6.45, 7) is 2.63. The first-order valence-corrected chi connectivity index (χ1v) is 8.10. The summed E-state index contributed by atoms with van der Waals surface area (Å²) >= 11 is 0. The highest BCUT2D eigenvalue weighted by Gasteiger charge is 2.42. The maximum atomic E-state index is 12.2. The summed E-state index contributed by atoms with van der Waals surface area (Å²) in [5, 5.41) is 3.40. The Morgan fingerprint density at radius 2 is 2.06 bits per heavy atom. The zero-order valence-electron chi connectivity index (χ0n) is 9.76. The normalized spacial score (nSPS) is 39.5. The van der Waals surface area contributed by atoms with E-state index >= 15 is 0 Å². The highest BCUT2D eigenvalue weighted by Crippen LogP contribution is 2.28. The summed E-state index contributed by atoms with van der Waals surface area (Å²) in [6, 6.07) is 0.442. The van der Waals surface area contributed by atoms with Gasteiger partial charge in [0, 0.05) is 19.1 Å². The van der Waals surface area contributed by atoms with Crippen LogP contribution < -0.4 is 5.32 Å². The largest absolute Gasteiger partial charge is 0.341 e. The van der Waals surface area contributed by atoms with Crippen molar-refractivity contribution in [3.05, 3.63) is 0 Å². The summed E-state index contributed by atoms with van der Waals surface area (Å²) in [6.07, 6.45) is 1.65. The van der Waals surface area contributed by atoms with Crippen molar-refractivity contribution < 1.29 is 13.2 Å². The number of fused-ring (bicyclic) bond motifs is 1. The van der Waals surface area contributed by atoms with E-state index < -0.39 is 9.84 Å². The van der Waals surface area contributed by atoms with Crippen LogP contribution in [0.15, 0.2) is 0 Å². The second-order valence-corrected chi connectivity index (χ2v) is 7.68. The molecule has 0 aromatic heterocycles. The van der Waals surface area contributed by atoms with E-state index in [1.165, 1.54) is 0 Å². The number of nitrogens with zero attached hydrogens (tertiary/aromatic N) is 1. The lowest BCUT2D eigenvalue weighted by atomic mass is 10.1. The predicted octanol–water partition coefficient (Wildman–Crippen LogP) is -0.759. The van der Waals surface area contributed by atoms with Crippen LogP contribution in [0, 0.1) is 11.8 Å². The van der Waals surface area contributed by atoms with Crippen LogP contribution in [0.3, 0.4) is 0 Å². The maximum absolute atomic E-state index is 12.2. The molecule has 0 aromatic carbocycles. The van der Waals surface area contributed by atoms with Crippen LogP contribution in [0.25, 0.3) is 0 Å². The Hall–Kier alpha value is -0.620. The van der Waals surface area contributed by atoms with Crippen molar-refractivity contribution in [2.45, 2.75) is 18.9 Å². The van der Waals surface area contributed by atoms with Gasteiger partial charge in [-0.1, -0.05) is 0 Å². The molecule has 0 radical (unpaired) electrons. The third kappa shape index (κ3) is 2.08. The van der Waals surface area contributed by atoms with E-state index in [1.54, 1.807) is 0 Å². The smallest absolute Gasteiger partial charge is 0.226 e. The van der Waals surface area contributed by atoms with Gasteiger partial charge in [-0.2, -0.15) is 0 Å². The van der Waals surface area contributed by atoms with Crippen LogP contribution in [0.1, 0.15) is 12.8 Å². The molecular formula is C11H18N2O3S. The molecule has 17 heavy (non-hydrogen) atoms. The molecule has 96 valence electrons. The number of nitrogens with one attached hydrogen (secondary N) is 1. The van der Waals surface area contributed by atoms with Crippen molar-refractivity contribution >= 4 is 15.7 Å². The summed E-state index contributed by atoms with van der Waals surface area (Å²) in [5.74, 6) is 0.603. The average molecular weight is 258 g/mol. The molecule has 0 aromatic rings. The number of hydrogen-bond donors (Lipinski definition) is 1. The molecule has 3 heterocycles. The van der Waals surface area contributed by atoms with Crippen molar-refractivity contribution in [1.29, 1.82) is 0 Å². The van der Waals surface area contributed by atoms with Gasteiger partial charge in [-0.15, -0.1) is 0 Å². The van der Waals surface area contributed by atoms with E-state index in [0.29, 0.717) is 18.4 Å². The number of rotatable bonds is 1. The van der Waals surface area contributed by atoms with Gasteiger partial charge in [0.1, 0.15) is 0 Å². The van der Waals surface area contributed by atoms with Gasteiger partial charge >= 0.3 is 0 Å². The van der Waals surface area contributed by atoms with Crippen LogP contribution in [0.2, 0.25) is 0 Å². The summed E-state index contributed by atoms with van der Waals surface area (Å²) < 4.78 is 22.7. The Morgan fingerprint density at radius 1 is 1.24 bits per heavy atom. The quantitative estimate of drug-likeness (QED) is 0.671. The molecule has 6 heteroatoms. The van der Waals surface area contributed by atoms with Gasteiger partial charge in [-0.3, -0.25) is 4.79 Å². The molecule has 0 bridgehead atoms. The first kappa shape index (κ1) is 11.5. The number of carbonyl (C=O) groups is 1. The lowest BCUT2D eigenvalue weighted by Crippen LogP contribution is -2.38. The Bertz CT molecular complexity index is 422. The number of carbonyl (C=O) groups excluding carboxylic acids is 1. The lowest BCUT2D eigenvalue weighted by Gasteiger charge is -2.20. The lowest BCUT2D eigenvalue weighted by molar-refractivity contribution is -0.133. The summed E-state index contributed by atoms with van der Waals surface area (Å²) in [5.41, 5.74) is 0. The van der Waals surface area contributed by atoms with Crippen molar-refractivity contribution in [2.24, 2.45) is 11.8 Å².